The van der Waals surface area contributed by atoms with Gasteiger partial charge in [-0.3, -0.25) is 28.9 Å². The van der Waals surface area contributed by atoms with Crippen molar-refractivity contribution < 1.29 is 85.9 Å². The fourth-order valence-electron chi connectivity index (χ4n) is 8.92. The first kappa shape index (κ1) is 56.0. The van der Waals surface area contributed by atoms with E-state index in [9.17, 15) is 29.1 Å². The van der Waals surface area contributed by atoms with E-state index in [-0.39, 0.29) is 25.2 Å². The van der Waals surface area contributed by atoms with Crippen LogP contribution in [0.4, 0.5) is 0 Å². The highest BCUT2D eigenvalue weighted by atomic mass is 16.7. The Bertz CT molecular complexity index is 1630. The van der Waals surface area contributed by atoms with Crippen molar-refractivity contribution in [1.29, 1.82) is 0 Å². The molecule has 6 unspecified atom stereocenters. The Balaban J connectivity index is 2.09. The van der Waals surface area contributed by atoms with Crippen LogP contribution in [0.5, 0.6) is 0 Å². The first-order chi connectivity index (χ1) is 30.6. The summed E-state index contributed by atoms with van der Waals surface area (Å²) in [5, 5.41) is 12.0. The molecule has 372 valence electrons. The molecule has 19 nitrogen and oxygen atoms in total. The van der Waals surface area contributed by atoms with E-state index in [2.05, 4.69) is 0 Å². The molecule has 0 aromatic rings. The van der Waals surface area contributed by atoms with Crippen molar-refractivity contribution in [2.24, 2.45) is 17.8 Å². The number of hydrogen-bond acceptors (Lipinski definition) is 19. The Hall–Kier alpha value is -3.37. The Morgan fingerprint density at radius 2 is 1.34 bits per heavy atom. The lowest BCUT2D eigenvalue weighted by molar-refractivity contribution is -0.309. The summed E-state index contributed by atoms with van der Waals surface area (Å²) < 4.78 is 71.6. The van der Waals surface area contributed by atoms with Gasteiger partial charge in [0.15, 0.2) is 36.9 Å². The van der Waals surface area contributed by atoms with Crippen molar-refractivity contribution in [3.8, 4) is 0 Å². The van der Waals surface area contributed by atoms with Crippen LogP contribution in [-0.4, -0.2) is 175 Å². The third-order valence-electron chi connectivity index (χ3n) is 12.4. The summed E-state index contributed by atoms with van der Waals surface area (Å²) in [5.74, 6) is -4.70. The van der Waals surface area contributed by atoms with Crippen molar-refractivity contribution in [3.63, 3.8) is 0 Å². The molecule has 0 spiro atoms. The molecule has 2 fully saturated rings. The van der Waals surface area contributed by atoms with E-state index in [0.29, 0.717) is 17.6 Å². The molecule has 0 aromatic heterocycles. The van der Waals surface area contributed by atoms with E-state index in [0.717, 1.165) is 0 Å². The number of methoxy groups -OCH3 is 4. The van der Waals surface area contributed by atoms with Crippen molar-refractivity contribution in [1.82, 2.24) is 4.90 Å². The lowest BCUT2D eigenvalue weighted by Gasteiger charge is -2.48. The number of ketones is 1. The molecule has 0 bridgehead atoms. The zero-order valence-corrected chi connectivity index (χ0v) is 40.8. The molecule has 0 aromatic carbocycles. The minimum atomic E-state index is -1.36. The molecule has 65 heavy (non-hydrogen) atoms. The van der Waals surface area contributed by atoms with Crippen molar-refractivity contribution in [2.45, 2.75) is 174 Å². The highest BCUT2D eigenvalue weighted by Crippen LogP contribution is 2.37. The quantitative estimate of drug-likeness (QED) is 0.133. The Labute approximate surface area is 383 Å². The molecule has 19 heteroatoms. The maximum absolute atomic E-state index is 14.1. The topological polar surface area (TPSA) is 220 Å². The van der Waals surface area contributed by atoms with Crippen LogP contribution < -0.4 is 0 Å². The SMILES string of the molecule is CCC1OC(=O)CC(O)C(C)C(O[C@@H]2O[C@H](C)[C@@H](OC(C)=O)[C@H](N(C)C)[C@H]2OC(C)=O)C(CC(OC)OC)CC(C)C(=O)/C=C/C(C)=C\1CO[C@@H]1O[C@H](C)[C@@H](OC(C)=O)[C@@H](OC)[C@@H]1OC. The van der Waals surface area contributed by atoms with Gasteiger partial charge >= 0.3 is 23.9 Å². The van der Waals surface area contributed by atoms with Crippen molar-refractivity contribution in [3.05, 3.63) is 23.3 Å². The second kappa shape index (κ2) is 26.2. The van der Waals surface area contributed by atoms with Gasteiger partial charge in [0.1, 0.15) is 24.4 Å². The summed E-state index contributed by atoms with van der Waals surface area (Å²) in [4.78, 5) is 66.6. The monoisotopic (exact) mass is 929 g/mol. The molecule has 0 saturated carbocycles. The Morgan fingerprint density at radius 1 is 0.785 bits per heavy atom. The van der Waals surface area contributed by atoms with Crippen LogP contribution in [0.15, 0.2) is 23.3 Å². The van der Waals surface area contributed by atoms with Crippen LogP contribution in [0.3, 0.4) is 0 Å². The smallest absolute Gasteiger partial charge is 0.309 e. The molecule has 3 heterocycles. The molecule has 0 amide bonds. The standard InChI is InChI=1S/C46H75NO18/c1-16-35-32(22-58-45-44(57-15)43(56-14)41(27(6)59-45)62-29(8)49)23(2)17-18-33(51)24(3)19-31(20-37(54-12)55-13)39(25(4)34(52)21-36(53)64-35)65-46-42(63-30(9)50)38(47(10)11)40(26(5)60-46)61-28(7)48/h17-18,24-27,31,34-35,37-46,52H,16,19-22H2,1-15H3/b18-17+,32-23-/t24?,25?,26-,27-,31?,34?,35?,38+,39?,40-,41-,42-,43-,44+,45-,46+/m1/s1. The number of nitrogens with zero attached hydrogens (tertiary/aromatic N) is 1. The molecule has 0 radical (unpaired) electrons. The number of aliphatic hydroxyl groups excluding tert-OH is 1. The van der Waals surface area contributed by atoms with Gasteiger partial charge in [0, 0.05) is 67.5 Å². The molecule has 3 rings (SSSR count). The normalized spacial score (nSPS) is 37.2. The zero-order valence-electron chi connectivity index (χ0n) is 40.8. The second-order valence-electron chi connectivity index (χ2n) is 17.4. The first-order valence-corrected chi connectivity index (χ1v) is 22.3. The van der Waals surface area contributed by atoms with Crippen LogP contribution in [0.25, 0.3) is 0 Å². The second-order valence-corrected chi connectivity index (χ2v) is 17.4. The number of ether oxygens (including phenoxy) is 12. The Kier molecular flexibility index (Phi) is 22.6. The summed E-state index contributed by atoms with van der Waals surface area (Å²) in [7, 11) is 9.38. The van der Waals surface area contributed by atoms with Gasteiger partial charge in [-0.1, -0.05) is 26.8 Å². The lowest BCUT2D eigenvalue weighted by atomic mass is 9.79. The van der Waals surface area contributed by atoms with Crippen LogP contribution >= 0.6 is 0 Å². The molecule has 2 saturated heterocycles. The number of esters is 4. The van der Waals surface area contributed by atoms with Crippen molar-refractivity contribution in [2.75, 3.05) is 49.1 Å². The van der Waals surface area contributed by atoms with E-state index in [4.69, 9.17) is 56.8 Å². The highest BCUT2D eigenvalue weighted by molar-refractivity contribution is 5.91. The largest absolute Gasteiger partial charge is 0.458 e. The Morgan fingerprint density at radius 3 is 1.88 bits per heavy atom. The summed E-state index contributed by atoms with van der Waals surface area (Å²) in [6.07, 6.45) is -8.61. The molecule has 0 aliphatic carbocycles. The zero-order chi connectivity index (χ0) is 48.9. The van der Waals surface area contributed by atoms with Gasteiger partial charge in [-0.15, -0.1) is 0 Å². The van der Waals surface area contributed by atoms with E-state index in [1.165, 1.54) is 55.3 Å². The number of rotatable bonds is 16. The summed E-state index contributed by atoms with van der Waals surface area (Å²) >= 11 is 0. The number of cyclic esters (lactones) is 1. The third-order valence-corrected chi connectivity index (χ3v) is 12.4. The van der Waals surface area contributed by atoms with E-state index >= 15 is 0 Å². The van der Waals surface area contributed by atoms with E-state index < -0.39 is 134 Å². The van der Waals surface area contributed by atoms with Gasteiger partial charge in [-0.2, -0.15) is 0 Å². The van der Waals surface area contributed by atoms with Crippen LogP contribution in [0.2, 0.25) is 0 Å². The highest BCUT2D eigenvalue weighted by Gasteiger charge is 2.52. The van der Waals surface area contributed by atoms with Crippen molar-refractivity contribution >= 4 is 29.7 Å². The number of carbonyl (C=O) groups is 5. The molecular weight excluding hydrogens is 854 g/mol. The average Bonchev–Trinajstić information content (AvgIpc) is 3.23. The molecule has 3 aliphatic rings. The predicted molar refractivity (Wildman–Crippen MR) is 232 cm³/mol. The third kappa shape index (κ3) is 15.3. The lowest BCUT2D eigenvalue weighted by Crippen LogP contribution is -2.65. The van der Waals surface area contributed by atoms with Crippen LogP contribution in [0.1, 0.15) is 88.0 Å². The van der Waals surface area contributed by atoms with Gasteiger partial charge in [0.25, 0.3) is 0 Å². The summed E-state index contributed by atoms with van der Waals surface area (Å²) in [5.41, 5.74) is 1.12. The number of carbonyl (C=O) groups excluding carboxylic acids is 5. The average molecular weight is 930 g/mol. The van der Waals surface area contributed by atoms with Gasteiger partial charge < -0.3 is 61.9 Å². The minimum absolute atomic E-state index is 0.125. The molecule has 3 aliphatic heterocycles. The summed E-state index contributed by atoms with van der Waals surface area (Å²) in [6, 6.07) is -0.726. The fourth-order valence-corrected chi connectivity index (χ4v) is 8.92. The number of aliphatic hydroxyl groups is 1. The van der Waals surface area contributed by atoms with Gasteiger partial charge in [-0.05, 0) is 70.8 Å². The molecular formula is C46H75NO18. The van der Waals surface area contributed by atoms with Gasteiger partial charge in [-0.25, -0.2) is 0 Å². The van der Waals surface area contributed by atoms with Crippen LogP contribution in [-0.2, 0) is 80.8 Å². The molecule has 1 N–H and O–H groups in total. The van der Waals surface area contributed by atoms with E-state index in [1.807, 2.05) is 6.92 Å². The van der Waals surface area contributed by atoms with E-state index in [1.54, 1.807) is 59.7 Å². The number of allylic oxidation sites excluding steroid dienone is 3. The minimum Gasteiger partial charge on any atom is -0.458 e. The summed E-state index contributed by atoms with van der Waals surface area (Å²) in [6.45, 7) is 14.2. The maximum atomic E-state index is 14.1. The van der Waals surface area contributed by atoms with Crippen LogP contribution in [0, 0.1) is 17.8 Å². The molecule has 16 atom stereocenters. The van der Waals surface area contributed by atoms with Gasteiger partial charge in [0.05, 0.1) is 43.5 Å². The maximum Gasteiger partial charge on any atom is 0.309 e. The number of hydrogen-bond donors (Lipinski definition) is 1. The predicted octanol–water partition coefficient (Wildman–Crippen LogP) is 3.45. The number of likely N-dealkylation sites (N-methyl/N-ethyl adjacent to an activating group) is 1. The van der Waals surface area contributed by atoms with Gasteiger partial charge in [0.2, 0.25) is 0 Å². The fraction of sp³-hybridized carbons (Fsp3) is 0.804. The first-order valence-electron chi connectivity index (χ1n) is 22.3.